The summed E-state index contributed by atoms with van der Waals surface area (Å²) in [6, 6.07) is 27.4. The maximum absolute atomic E-state index is 13.0. The Balaban J connectivity index is 1.39. The Bertz CT molecular complexity index is 939. The first-order chi connectivity index (χ1) is 15.3. The number of hydrogen-bond donors (Lipinski definition) is 1. The van der Waals surface area contributed by atoms with Crippen LogP contribution in [0.1, 0.15) is 27.5 Å². The van der Waals surface area contributed by atoms with E-state index in [2.05, 4.69) is 22.3 Å². The summed E-state index contributed by atoms with van der Waals surface area (Å²) >= 11 is 0. The van der Waals surface area contributed by atoms with Gasteiger partial charge in [0.15, 0.2) is 0 Å². The zero-order valence-electron chi connectivity index (χ0n) is 17.6. The van der Waals surface area contributed by atoms with Crippen LogP contribution >= 0.6 is 0 Å². The molecule has 0 saturated carbocycles. The molecule has 1 aliphatic rings. The average molecular weight is 417 g/mol. The predicted molar refractivity (Wildman–Crippen MR) is 121 cm³/mol. The first kappa shape index (κ1) is 21.1. The standard InChI is InChI=1S/C26H28N2O3/c29-26(23-13-11-21(12-14-23)20-31-24-9-5-2-6-10-24)27-25(22-7-3-1-4-8-22)19-28-15-17-30-18-16-28/h1-14,25H,15-20H2,(H,27,29)/t25-/m1/s1. The van der Waals surface area contributed by atoms with E-state index in [9.17, 15) is 4.79 Å². The van der Waals surface area contributed by atoms with Crippen molar-refractivity contribution in [3.63, 3.8) is 0 Å². The van der Waals surface area contributed by atoms with Crippen molar-refractivity contribution in [1.82, 2.24) is 10.2 Å². The second kappa shape index (κ2) is 10.8. The van der Waals surface area contributed by atoms with Gasteiger partial charge in [-0.2, -0.15) is 0 Å². The summed E-state index contributed by atoms with van der Waals surface area (Å²) in [5.41, 5.74) is 2.77. The van der Waals surface area contributed by atoms with Gasteiger partial charge in [-0.25, -0.2) is 0 Å². The van der Waals surface area contributed by atoms with E-state index in [1.54, 1.807) is 0 Å². The Morgan fingerprint density at radius 2 is 1.55 bits per heavy atom. The molecular formula is C26H28N2O3. The summed E-state index contributed by atoms with van der Waals surface area (Å²) in [7, 11) is 0. The molecule has 1 heterocycles. The molecule has 5 nitrogen and oxygen atoms in total. The lowest BCUT2D eigenvalue weighted by Gasteiger charge is -2.31. The van der Waals surface area contributed by atoms with Crippen molar-refractivity contribution in [2.75, 3.05) is 32.8 Å². The highest BCUT2D eigenvalue weighted by molar-refractivity contribution is 5.94. The maximum atomic E-state index is 13.0. The van der Waals surface area contributed by atoms with E-state index in [1.807, 2.05) is 72.8 Å². The van der Waals surface area contributed by atoms with Crippen LogP contribution in [0, 0.1) is 0 Å². The van der Waals surface area contributed by atoms with Gasteiger partial charge < -0.3 is 14.8 Å². The number of carbonyl (C=O) groups excluding carboxylic acids is 1. The van der Waals surface area contributed by atoms with Crippen LogP contribution in [0.3, 0.4) is 0 Å². The van der Waals surface area contributed by atoms with E-state index in [1.165, 1.54) is 0 Å². The van der Waals surface area contributed by atoms with Crippen LogP contribution in [0.4, 0.5) is 0 Å². The van der Waals surface area contributed by atoms with Crippen LogP contribution in [0.25, 0.3) is 0 Å². The van der Waals surface area contributed by atoms with Crippen LogP contribution in [0.15, 0.2) is 84.9 Å². The zero-order chi connectivity index (χ0) is 21.3. The summed E-state index contributed by atoms with van der Waals surface area (Å²) < 4.78 is 11.2. The third-order valence-electron chi connectivity index (χ3n) is 5.42. The lowest BCUT2D eigenvalue weighted by Crippen LogP contribution is -2.43. The van der Waals surface area contributed by atoms with E-state index < -0.39 is 0 Å². The van der Waals surface area contributed by atoms with Gasteiger partial charge in [0.1, 0.15) is 12.4 Å². The molecule has 1 amide bonds. The number of nitrogens with one attached hydrogen (secondary N) is 1. The van der Waals surface area contributed by atoms with Gasteiger partial charge in [-0.1, -0.05) is 60.7 Å². The van der Waals surface area contributed by atoms with Crippen molar-refractivity contribution in [1.29, 1.82) is 0 Å². The summed E-state index contributed by atoms with van der Waals surface area (Å²) in [5.74, 6) is 0.760. The number of morpholine rings is 1. The molecule has 5 heteroatoms. The van der Waals surface area contributed by atoms with Crippen molar-refractivity contribution in [3.8, 4) is 5.75 Å². The molecule has 1 atom stereocenters. The third kappa shape index (κ3) is 6.17. The molecule has 160 valence electrons. The fourth-order valence-electron chi connectivity index (χ4n) is 3.64. The fraction of sp³-hybridized carbons (Fsp3) is 0.269. The van der Waals surface area contributed by atoms with Gasteiger partial charge in [-0.15, -0.1) is 0 Å². The molecule has 3 aromatic carbocycles. The molecule has 0 unspecified atom stereocenters. The molecule has 1 N–H and O–H groups in total. The van der Waals surface area contributed by atoms with Gasteiger partial charge in [0.05, 0.1) is 19.3 Å². The van der Waals surface area contributed by atoms with Crippen molar-refractivity contribution in [2.24, 2.45) is 0 Å². The Hall–Kier alpha value is -3.15. The van der Waals surface area contributed by atoms with Crippen LogP contribution in [-0.2, 0) is 11.3 Å². The summed E-state index contributed by atoms with van der Waals surface area (Å²) in [5, 5.41) is 3.22. The van der Waals surface area contributed by atoms with Crippen molar-refractivity contribution >= 4 is 5.91 Å². The number of rotatable bonds is 8. The summed E-state index contributed by atoms with van der Waals surface area (Å²) in [6.07, 6.45) is 0. The summed E-state index contributed by atoms with van der Waals surface area (Å²) in [6.45, 7) is 4.48. The number of ether oxygens (including phenoxy) is 2. The smallest absolute Gasteiger partial charge is 0.251 e. The van der Waals surface area contributed by atoms with Gasteiger partial charge in [0, 0.05) is 25.2 Å². The van der Waals surface area contributed by atoms with Gasteiger partial charge in [0.25, 0.3) is 5.91 Å². The zero-order valence-corrected chi connectivity index (χ0v) is 17.6. The molecule has 0 spiro atoms. The maximum Gasteiger partial charge on any atom is 0.251 e. The van der Waals surface area contributed by atoms with Crippen molar-refractivity contribution in [2.45, 2.75) is 12.6 Å². The van der Waals surface area contributed by atoms with Crippen LogP contribution in [0.2, 0.25) is 0 Å². The van der Waals surface area contributed by atoms with Gasteiger partial charge >= 0.3 is 0 Å². The highest BCUT2D eigenvalue weighted by Gasteiger charge is 2.20. The van der Waals surface area contributed by atoms with Gasteiger partial charge in [-0.05, 0) is 35.4 Å². The molecule has 1 aliphatic heterocycles. The highest BCUT2D eigenvalue weighted by Crippen LogP contribution is 2.17. The van der Waals surface area contributed by atoms with E-state index in [0.717, 1.165) is 49.7 Å². The van der Waals surface area contributed by atoms with E-state index >= 15 is 0 Å². The fourth-order valence-corrected chi connectivity index (χ4v) is 3.64. The van der Waals surface area contributed by atoms with Gasteiger partial charge in [-0.3, -0.25) is 9.69 Å². The Labute approximate surface area is 183 Å². The third-order valence-corrected chi connectivity index (χ3v) is 5.42. The highest BCUT2D eigenvalue weighted by atomic mass is 16.5. The normalized spacial score (nSPS) is 15.2. The van der Waals surface area contributed by atoms with E-state index in [4.69, 9.17) is 9.47 Å². The van der Waals surface area contributed by atoms with E-state index in [0.29, 0.717) is 12.2 Å². The Kier molecular flexibility index (Phi) is 7.32. The lowest BCUT2D eigenvalue weighted by atomic mass is 10.0. The second-order valence-corrected chi connectivity index (χ2v) is 7.65. The molecule has 0 radical (unpaired) electrons. The van der Waals surface area contributed by atoms with Crippen LogP contribution in [0.5, 0.6) is 5.75 Å². The minimum absolute atomic E-state index is 0.0716. The first-order valence-corrected chi connectivity index (χ1v) is 10.7. The minimum atomic E-state index is -0.0760. The largest absolute Gasteiger partial charge is 0.489 e. The number of para-hydroxylation sites is 1. The number of carbonyl (C=O) groups is 1. The first-order valence-electron chi connectivity index (χ1n) is 10.7. The van der Waals surface area contributed by atoms with Crippen molar-refractivity contribution < 1.29 is 14.3 Å². The number of nitrogens with zero attached hydrogens (tertiary/aromatic N) is 1. The number of hydrogen-bond acceptors (Lipinski definition) is 4. The predicted octanol–water partition coefficient (Wildman–Crippen LogP) is 4.07. The van der Waals surface area contributed by atoms with Crippen LogP contribution < -0.4 is 10.1 Å². The SMILES string of the molecule is O=C(N[C@H](CN1CCOCC1)c1ccccc1)c1ccc(COc2ccccc2)cc1. The molecule has 0 bridgehead atoms. The Morgan fingerprint density at radius 3 is 2.23 bits per heavy atom. The molecule has 0 aromatic heterocycles. The average Bonchev–Trinajstić information content (AvgIpc) is 2.84. The number of amides is 1. The minimum Gasteiger partial charge on any atom is -0.489 e. The van der Waals surface area contributed by atoms with Crippen molar-refractivity contribution in [3.05, 3.63) is 102 Å². The molecule has 1 fully saturated rings. The number of benzene rings is 3. The Morgan fingerprint density at radius 1 is 0.903 bits per heavy atom. The molecule has 0 aliphatic carbocycles. The quantitative estimate of drug-likeness (QED) is 0.602. The monoisotopic (exact) mass is 416 g/mol. The molecule has 31 heavy (non-hydrogen) atoms. The second-order valence-electron chi connectivity index (χ2n) is 7.65. The van der Waals surface area contributed by atoms with Gasteiger partial charge in [0.2, 0.25) is 0 Å². The lowest BCUT2D eigenvalue weighted by molar-refractivity contribution is 0.0332. The molecule has 1 saturated heterocycles. The summed E-state index contributed by atoms with van der Waals surface area (Å²) in [4.78, 5) is 15.3. The van der Waals surface area contributed by atoms with Crippen LogP contribution in [-0.4, -0.2) is 43.7 Å². The molecule has 4 rings (SSSR count). The topological polar surface area (TPSA) is 50.8 Å². The molecular weight excluding hydrogens is 388 g/mol. The van der Waals surface area contributed by atoms with E-state index in [-0.39, 0.29) is 11.9 Å². The molecule has 3 aromatic rings.